The zero-order valence-corrected chi connectivity index (χ0v) is 11.9. The highest BCUT2D eigenvalue weighted by Crippen LogP contribution is 2.26. The van der Waals surface area contributed by atoms with Gasteiger partial charge in [0.1, 0.15) is 4.88 Å². The molecule has 2 rings (SSSR count). The number of aromatic amines is 1. The quantitative estimate of drug-likeness (QED) is 0.785. The Balaban J connectivity index is 2.42. The van der Waals surface area contributed by atoms with Crippen LogP contribution in [-0.4, -0.2) is 24.5 Å². The van der Waals surface area contributed by atoms with E-state index in [1.165, 1.54) is 18.4 Å². The predicted octanol–water partition coefficient (Wildman–Crippen LogP) is 1.31. The number of rotatable bonds is 4. The number of aromatic nitrogens is 1. The third kappa shape index (κ3) is 2.69. The maximum absolute atomic E-state index is 12.1. The molecule has 2 aromatic heterocycles. The molecule has 0 aliphatic rings. The Hall–Kier alpha value is -1.65. The molecule has 0 aliphatic heterocycles. The highest BCUT2D eigenvalue weighted by Gasteiger charge is 2.23. The molecule has 7 nitrogen and oxygen atoms in total. The number of thiophene rings is 1. The van der Waals surface area contributed by atoms with Crippen LogP contribution < -0.4 is 9.60 Å². The summed E-state index contributed by atoms with van der Waals surface area (Å²) < 4.78 is 26.1. The van der Waals surface area contributed by atoms with Crippen molar-refractivity contribution in [2.24, 2.45) is 0 Å². The van der Waals surface area contributed by atoms with Gasteiger partial charge in [0.25, 0.3) is 10.0 Å². The fraction of sp³-hybridized carbons (Fsp3) is 0.111. The molecular formula is C9H8N2O5S3. The molecule has 0 radical (unpaired) electrons. The van der Waals surface area contributed by atoms with Crippen molar-refractivity contribution in [2.45, 2.75) is 11.1 Å². The normalized spacial score (nSPS) is 11.4. The van der Waals surface area contributed by atoms with E-state index in [4.69, 9.17) is 5.11 Å². The van der Waals surface area contributed by atoms with Crippen LogP contribution in [0.1, 0.15) is 15.4 Å². The Morgan fingerprint density at radius 2 is 2.16 bits per heavy atom. The van der Waals surface area contributed by atoms with Gasteiger partial charge in [-0.3, -0.25) is 9.52 Å². The van der Waals surface area contributed by atoms with Crippen molar-refractivity contribution in [3.63, 3.8) is 0 Å². The lowest BCUT2D eigenvalue weighted by atomic mass is 10.4. The first kappa shape index (κ1) is 13.8. The van der Waals surface area contributed by atoms with Crippen LogP contribution >= 0.6 is 22.7 Å². The molecule has 2 heterocycles. The van der Waals surface area contributed by atoms with E-state index in [2.05, 4.69) is 9.71 Å². The van der Waals surface area contributed by atoms with Gasteiger partial charge >= 0.3 is 10.8 Å². The molecule has 0 aromatic carbocycles. The average Bonchev–Trinajstić information content (AvgIpc) is 2.84. The first-order valence-corrected chi connectivity index (χ1v) is 8.02. The van der Waals surface area contributed by atoms with Gasteiger partial charge in [0.2, 0.25) is 0 Å². The Morgan fingerprint density at radius 3 is 2.68 bits per heavy atom. The van der Waals surface area contributed by atoms with E-state index < -0.39 is 20.9 Å². The van der Waals surface area contributed by atoms with Crippen molar-refractivity contribution in [2.75, 3.05) is 4.72 Å². The summed E-state index contributed by atoms with van der Waals surface area (Å²) in [7, 11) is -3.97. The standard InChI is InChI=1S/C9H8N2O5S3/c1-4-8(18-9(14)10-4)19(15,16)11-5-2-3-17-6(5)7(12)13/h2-3,11H,1H3,(H,10,14)(H,12,13). The average molecular weight is 320 g/mol. The maximum atomic E-state index is 12.1. The molecule has 2 aromatic rings. The molecule has 0 atom stereocenters. The summed E-state index contributed by atoms with van der Waals surface area (Å²) in [5.74, 6) is -1.22. The Morgan fingerprint density at radius 1 is 1.47 bits per heavy atom. The number of carboxylic acids is 1. The molecule has 0 saturated heterocycles. The topological polar surface area (TPSA) is 116 Å². The number of hydrogen-bond donors (Lipinski definition) is 3. The van der Waals surface area contributed by atoms with E-state index in [1.807, 2.05) is 0 Å². The van der Waals surface area contributed by atoms with Crippen molar-refractivity contribution in [3.8, 4) is 0 Å². The third-order valence-corrected chi connectivity index (χ3v) is 6.00. The van der Waals surface area contributed by atoms with Crippen molar-refractivity contribution >= 4 is 44.4 Å². The fourth-order valence-electron chi connectivity index (χ4n) is 1.39. The molecule has 19 heavy (non-hydrogen) atoms. The summed E-state index contributed by atoms with van der Waals surface area (Å²) in [6, 6.07) is 1.36. The van der Waals surface area contributed by atoms with Crippen molar-refractivity contribution in [1.82, 2.24) is 4.98 Å². The van der Waals surface area contributed by atoms with E-state index in [-0.39, 0.29) is 20.5 Å². The molecule has 0 aliphatic carbocycles. The number of H-pyrrole nitrogens is 1. The second-order valence-corrected chi connectivity index (χ2v) is 7.28. The summed E-state index contributed by atoms with van der Waals surface area (Å²) >= 11 is 1.46. The number of carbonyl (C=O) groups is 1. The minimum atomic E-state index is -3.97. The van der Waals surface area contributed by atoms with E-state index >= 15 is 0 Å². The lowest BCUT2D eigenvalue weighted by molar-refractivity contribution is 0.0703. The number of aryl methyl sites for hydroxylation is 1. The predicted molar refractivity (Wildman–Crippen MR) is 71.8 cm³/mol. The van der Waals surface area contributed by atoms with E-state index in [1.54, 1.807) is 0 Å². The lowest BCUT2D eigenvalue weighted by Gasteiger charge is -2.05. The first-order valence-electron chi connectivity index (χ1n) is 4.84. The van der Waals surface area contributed by atoms with Gasteiger partial charge in [0.15, 0.2) is 4.21 Å². The summed E-state index contributed by atoms with van der Waals surface area (Å²) in [6.45, 7) is 1.46. The zero-order chi connectivity index (χ0) is 14.2. The van der Waals surface area contributed by atoms with Crippen molar-refractivity contribution in [1.29, 1.82) is 0 Å². The van der Waals surface area contributed by atoms with Gasteiger partial charge in [-0.25, -0.2) is 13.2 Å². The summed E-state index contributed by atoms with van der Waals surface area (Å²) in [5.41, 5.74) is 0.201. The van der Waals surface area contributed by atoms with Gasteiger partial charge in [-0.1, -0.05) is 11.3 Å². The van der Waals surface area contributed by atoms with E-state index in [0.717, 1.165) is 11.3 Å². The highest BCUT2D eigenvalue weighted by molar-refractivity contribution is 7.94. The molecule has 0 fully saturated rings. The van der Waals surface area contributed by atoms with Crippen LogP contribution in [0.2, 0.25) is 0 Å². The summed E-state index contributed by atoms with van der Waals surface area (Å²) in [5, 5.41) is 10.4. The Kier molecular flexibility index (Phi) is 3.47. The second kappa shape index (κ2) is 4.79. The molecule has 102 valence electrons. The van der Waals surface area contributed by atoms with E-state index in [9.17, 15) is 18.0 Å². The van der Waals surface area contributed by atoms with Crippen molar-refractivity contribution < 1.29 is 18.3 Å². The van der Waals surface area contributed by atoms with Gasteiger partial charge in [-0.05, 0) is 18.4 Å². The van der Waals surface area contributed by atoms with Gasteiger partial charge in [0, 0.05) is 5.69 Å². The minimum Gasteiger partial charge on any atom is -0.477 e. The van der Waals surface area contributed by atoms with Crippen LogP contribution in [0.25, 0.3) is 0 Å². The largest absolute Gasteiger partial charge is 0.477 e. The number of hydrogen-bond acceptors (Lipinski definition) is 6. The van der Waals surface area contributed by atoms with Gasteiger partial charge in [-0.2, -0.15) is 0 Å². The van der Waals surface area contributed by atoms with E-state index in [0.29, 0.717) is 11.3 Å². The monoisotopic (exact) mass is 320 g/mol. The molecule has 0 saturated carbocycles. The zero-order valence-electron chi connectivity index (χ0n) is 9.46. The van der Waals surface area contributed by atoms with Gasteiger partial charge in [-0.15, -0.1) is 11.3 Å². The van der Waals surface area contributed by atoms with Crippen LogP contribution in [0.3, 0.4) is 0 Å². The fourth-order valence-corrected chi connectivity index (χ4v) is 4.52. The molecule has 0 spiro atoms. The number of anilines is 1. The molecule has 0 amide bonds. The summed E-state index contributed by atoms with van der Waals surface area (Å²) in [6.07, 6.45) is 0. The molecule has 10 heteroatoms. The second-order valence-electron chi connectivity index (χ2n) is 3.50. The van der Waals surface area contributed by atoms with Crippen LogP contribution in [0.15, 0.2) is 20.5 Å². The third-order valence-electron chi connectivity index (χ3n) is 2.13. The lowest BCUT2D eigenvalue weighted by Crippen LogP contribution is -2.14. The smallest absolute Gasteiger partial charge is 0.348 e. The molecule has 0 unspecified atom stereocenters. The van der Waals surface area contributed by atoms with Crippen molar-refractivity contribution in [3.05, 3.63) is 31.7 Å². The summed E-state index contributed by atoms with van der Waals surface area (Å²) in [4.78, 5) is 23.8. The number of nitrogens with one attached hydrogen (secondary N) is 2. The van der Waals surface area contributed by atoms with Crippen LogP contribution in [0, 0.1) is 6.92 Å². The Labute approximate surface area is 115 Å². The number of sulfonamides is 1. The molecular weight excluding hydrogens is 312 g/mol. The number of aromatic carboxylic acids is 1. The molecule has 0 bridgehead atoms. The molecule has 3 N–H and O–H groups in total. The maximum Gasteiger partial charge on any atom is 0.348 e. The van der Waals surface area contributed by atoms with Crippen LogP contribution in [-0.2, 0) is 10.0 Å². The number of thiazole rings is 1. The Bertz CT molecular complexity index is 783. The number of carboxylic acid groups (broad SMARTS) is 1. The highest BCUT2D eigenvalue weighted by atomic mass is 32.2. The van der Waals surface area contributed by atoms with Crippen LogP contribution in [0.5, 0.6) is 0 Å². The van der Waals surface area contributed by atoms with Gasteiger partial charge < -0.3 is 10.1 Å². The first-order chi connectivity index (χ1) is 8.81. The minimum absolute atomic E-state index is 0.0160. The van der Waals surface area contributed by atoms with Crippen LogP contribution in [0.4, 0.5) is 5.69 Å². The SMILES string of the molecule is Cc1[nH]c(=O)sc1S(=O)(=O)Nc1ccsc1C(=O)O. The van der Waals surface area contributed by atoms with Gasteiger partial charge in [0.05, 0.1) is 5.69 Å².